The van der Waals surface area contributed by atoms with Crippen molar-refractivity contribution in [2.24, 2.45) is 5.92 Å². The lowest BCUT2D eigenvalue weighted by Gasteiger charge is -2.14. The van der Waals surface area contributed by atoms with Crippen molar-refractivity contribution in [2.45, 2.75) is 13.3 Å². The molecule has 0 aliphatic heterocycles. The molecule has 1 atom stereocenters. The Hall–Kier alpha value is 0.290. The van der Waals surface area contributed by atoms with Gasteiger partial charge in [-0.1, -0.05) is 13.5 Å². The van der Waals surface area contributed by atoms with Crippen LogP contribution in [0.1, 0.15) is 13.3 Å². The van der Waals surface area contributed by atoms with Crippen LogP contribution in [-0.2, 0) is 18.4 Å². The van der Waals surface area contributed by atoms with Crippen molar-refractivity contribution < 1.29 is 18.4 Å². The maximum Gasteiger partial charge on any atom is 0.337 e. The number of rotatable bonds is 7. The molecule has 0 spiro atoms. The molecule has 0 aromatic rings. The minimum Gasteiger partial charge on any atom is -0.312 e. The number of hydrogen-bond acceptors (Lipinski definition) is 4. The van der Waals surface area contributed by atoms with Gasteiger partial charge in [-0.2, -0.15) is 0 Å². The van der Waals surface area contributed by atoms with E-state index < -0.39 is 7.60 Å². The third kappa shape index (κ3) is 5.80. The maximum atomic E-state index is 11.6. The van der Waals surface area contributed by atoms with Gasteiger partial charge >= 0.3 is 7.60 Å². The fraction of sp³-hybridized carbons (Fsp3) is 0.667. The predicted molar refractivity (Wildman–Crippen MR) is 68.4 cm³/mol. The fourth-order valence-electron chi connectivity index (χ4n) is 0.936. The fourth-order valence-corrected chi connectivity index (χ4v) is 2.12. The summed E-state index contributed by atoms with van der Waals surface area (Å²) in [5.41, 5.74) is 0. The number of hydrogen-bond donors (Lipinski definition) is 0. The molecule has 0 radical (unpaired) electrons. The molecule has 88 valence electrons. The number of halogens is 1. The molecule has 0 aliphatic carbocycles. The highest BCUT2D eigenvalue weighted by atomic mass is 127. The summed E-state index contributed by atoms with van der Waals surface area (Å²) in [6.45, 7) is 5.65. The van der Waals surface area contributed by atoms with Crippen LogP contribution in [0.3, 0.4) is 0 Å². The molecule has 0 unspecified atom stereocenters. The molecule has 0 amide bonds. The molecular formula is C9H16IO4P. The molecule has 0 aliphatic rings. The van der Waals surface area contributed by atoms with E-state index in [0.29, 0.717) is 6.42 Å². The van der Waals surface area contributed by atoms with Gasteiger partial charge in [0.25, 0.3) is 0 Å². The minimum atomic E-state index is -3.21. The third-order valence-electron chi connectivity index (χ3n) is 1.99. The van der Waals surface area contributed by atoms with Gasteiger partial charge in [-0.15, -0.1) is 0 Å². The van der Waals surface area contributed by atoms with Gasteiger partial charge in [-0.25, -0.2) is 0 Å². The summed E-state index contributed by atoms with van der Waals surface area (Å²) >= 11 is 2.08. The first-order chi connectivity index (χ1) is 6.84. The minimum absolute atomic E-state index is 0.0836. The van der Waals surface area contributed by atoms with Gasteiger partial charge in [0, 0.05) is 20.6 Å². The molecule has 0 N–H and O–H groups in total. The Morgan fingerprint density at radius 2 is 1.93 bits per heavy atom. The standard InChI is InChI=1S/C9H16IO4P/c1-7(8(2)10)5-9(11)6-15(12,13-3)14-4/h7H,2,5-6H2,1,3-4H3/t7-/m1/s1. The van der Waals surface area contributed by atoms with Gasteiger partial charge in [0.1, 0.15) is 11.9 Å². The quantitative estimate of drug-likeness (QED) is 0.525. The summed E-state index contributed by atoms with van der Waals surface area (Å²) in [7, 11) is -0.653. The maximum absolute atomic E-state index is 11.6. The van der Waals surface area contributed by atoms with E-state index in [2.05, 4.69) is 38.2 Å². The number of ketones is 1. The van der Waals surface area contributed by atoms with Gasteiger partial charge in [0.15, 0.2) is 0 Å². The first-order valence-corrected chi connectivity index (χ1v) is 7.22. The SMILES string of the molecule is C=C(I)[C@H](C)CC(=O)CP(=O)(OC)OC. The van der Waals surface area contributed by atoms with Crippen LogP contribution in [0.4, 0.5) is 0 Å². The Balaban J connectivity index is 4.26. The highest BCUT2D eigenvalue weighted by molar-refractivity contribution is 14.1. The number of carbonyl (C=O) groups excluding carboxylic acids is 1. The van der Waals surface area contributed by atoms with Crippen molar-refractivity contribution in [3.05, 3.63) is 10.2 Å². The second-order valence-electron chi connectivity index (χ2n) is 3.22. The van der Waals surface area contributed by atoms with Crippen molar-refractivity contribution >= 4 is 36.0 Å². The van der Waals surface area contributed by atoms with Crippen molar-refractivity contribution in [3.8, 4) is 0 Å². The number of allylic oxidation sites excluding steroid dienone is 1. The molecule has 0 saturated heterocycles. The van der Waals surface area contributed by atoms with Crippen molar-refractivity contribution in [2.75, 3.05) is 20.4 Å². The summed E-state index contributed by atoms with van der Waals surface area (Å²) in [5, 5.41) is 0. The molecule has 0 saturated carbocycles. The zero-order valence-corrected chi connectivity index (χ0v) is 12.2. The summed E-state index contributed by atoms with van der Waals surface area (Å²) in [5.74, 6) is -0.0485. The first-order valence-electron chi connectivity index (χ1n) is 4.41. The zero-order chi connectivity index (χ0) is 12.1. The number of carbonyl (C=O) groups is 1. The van der Waals surface area contributed by atoms with Gasteiger partial charge in [-0.05, 0) is 32.1 Å². The van der Waals surface area contributed by atoms with Gasteiger partial charge < -0.3 is 9.05 Å². The van der Waals surface area contributed by atoms with Crippen LogP contribution < -0.4 is 0 Å². The average molecular weight is 346 g/mol. The van der Waals surface area contributed by atoms with Gasteiger partial charge in [0.05, 0.1) is 0 Å². The van der Waals surface area contributed by atoms with E-state index >= 15 is 0 Å². The molecule has 0 aromatic heterocycles. The second-order valence-corrected chi connectivity index (χ2v) is 6.88. The molecule has 15 heavy (non-hydrogen) atoms. The molecule has 0 rings (SSSR count). The monoisotopic (exact) mass is 346 g/mol. The molecule has 4 nitrogen and oxygen atoms in total. The van der Waals surface area contributed by atoms with E-state index in [1.165, 1.54) is 14.2 Å². The average Bonchev–Trinajstić information content (AvgIpc) is 2.17. The lowest BCUT2D eigenvalue weighted by Crippen LogP contribution is -2.11. The van der Waals surface area contributed by atoms with Crippen molar-refractivity contribution in [3.63, 3.8) is 0 Å². The molecule has 6 heteroatoms. The Morgan fingerprint density at radius 3 is 2.27 bits per heavy atom. The largest absolute Gasteiger partial charge is 0.337 e. The van der Waals surface area contributed by atoms with Crippen molar-refractivity contribution in [1.82, 2.24) is 0 Å². The van der Waals surface area contributed by atoms with E-state index in [-0.39, 0.29) is 17.9 Å². The molecule has 0 fully saturated rings. The molecular weight excluding hydrogens is 330 g/mol. The summed E-state index contributed by atoms with van der Waals surface area (Å²) in [6.07, 6.45) is 0.146. The first kappa shape index (κ1) is 15.3. The summed E-state index contributed by atoms with van der Waals surface area (Å²) in [6, 6.07) is 0. The smallest absolute Gasteiger partial charge is 0.312 e. The molecule has 0 bridgehead atoms. The van der Waals surface area contributed by atoms with Gasteiger partial charge in [0.2, 0.25) is 0 Å². The van der Waals surface area contributed by atoms with Crippen LogP contribution >= 0.6 is 30.2 Å². The molecule has 0 heterocycles. The van der Waals surface area contributed by atoms with E-state index in [4.69, 9.17) is 0 Å². The Morgan fingerprint density at radius 1 is 1.47 bits per heavy atom. The highest BCUT2D eigenvalue weighted by Gasteiger charge is 2.26. The lowest BCUT2D eigenvalue weighted by molar-refractivity contribution is -0.117. The molecule has 0 aromatic carbocycles. The summed E-state index contributed by atoms with van der Waals surface area (Å²) < 4.78 is 21.9. The Labute approximate surface area is 104 Å². The Kier molecular flexibility index (Phi) is 6.91. The van der Waals surface area contributed by atoms with Crippen LogP contribution in [0.25, 0.3) is 0 Å². The topological polar surface area (TPSA) is 52.6 Å². The second kappa shape index (κ2) is 6.78. The van der Waals surface area contributed by atoms with E-state index in [9.17, 15) is 9.36 Å². The van der Waals surface area contributed by atoms with Gasteiger partial charge in [-0.3, -0.25) is 9.36 Å². The van der Waals surface area contributed by atoms with E-state index in [0.717, 1.165) is 3.58 Å². The Bertz CT molecular complexity index is 282. The van der Waals surface area contributed by atoms with Crippen LogP contribution in [0.2, 0.25) is 0 Å². The third-order valence-corrected chi connectivity index (χ3v) is 4.91. The number of Topliss-reactive ketones (excluding diaryl/α,β-unsaturated/α-hetero) is 1. The van der Waals surface area contributed by atoms with E-state index in [1.54, 1.807) is 0 Å². The van der Waals surface area contributed by atoms with Crippen LogP contribution in [0.5, 0.6) is 0 Å². The van der Waals surface area contributed by atoms with Crippen LogP contribution in [0.15, 0.2) is 10.2 Å². The summed E-state index contributed by atoms with van der Waals surface area (Å²) in [4.78, 5) is 11.5. The highest BCUT2D eigenvalue weighted by Crippen LogP contribution is 2.46. The van der Waals surface area contributed by atoms with E-state index in [1.807, 2.05) is 6.92 Å². The zero-order valence-electron chi connectivity index (χ0n) is 9.16. The predicted octanol–water partition coefficient (Wildman–Crippen LogP) is 3.02. The normalized spacial score (nSPS) is 13.6. The van der Waals surface area contributed by atoms with Crippen molar-refractivity contribution in [1.29, 1.82) is 0 Å². The van der Waals surface area contributed by atoms with Crippen LogP contribution in [0, 0.1) is 5.92 Å². The van der Waals surface area contributed by atoms with Crippen LogP contribution in [-0.4, -0.2) is 26.2 Å². The lowest BCUT2D eigenvalue weighted by atomic mass is 10.1.